The fourth-order valence-corrected chi connectivity index (χ4v) is 2.55. The van der Waals surface area contributed by atoms with Gasteiger partial charge in [-0.2, -0.15) is 5.26 Å². The van der Waals surface area contributed by atoms with Crippen molar-refractivity contribution in [3.63, 3.8) is 0 Å². The van der Waals surface area contributed by atoms with Crippen LogP contribution >= 0.6 is 0 Å². The summed E-state index contributed by atoms with van der Waals surface area (Å²) in [4.78, 5) is 4.01. The third-order valence-corrected chi connectivity index (χ3v) is 3.58. The second-order valence-corrected chi connectivity index (χ2v) is 4.79. The molecule has 3 rings (SSSR count). The predicted molar refractivity (Wildman–Crippen MR) is 73.0 cm³/mol. The minimum absolute atomic E-state index is 0.309. The van der Waals surface area contributed by atoms with E-state index in [2.05, 4.69) is 11.1 Å². The van der Waals surface area contributed by atoms with Crippen molar-refractivity contribution >= 4 is 0 Å². The molecule has 1 aromatic heterocycles. The van der Waals surface area contributed by atoms with Crippen LogP contribution in [0.5, 0.6) is 5.75 Å². The van der Waals surface area contributed by atoms with Gasteiger partial charge in [0.15, 0.2) is 0 Å². The molecular formula is C16H14N2O2. The van der Waals surface area contributed by atoms with Gasteiger partial charge in [0.25, 0.3) is 0 Å². The van der Waals surface area contributed by atoms with Crippen molar-refractivity contribution < 1.29 is 9.84 Å². The monoisotopic (exact) mass is 266 g/mol. The highest BCUT2D eigenvalue weighted by Gasteiger charge is 2.23. The van der Waals surface area contributed by atoms with E-state index >= 15 is 0 Å². The second kappa shape index (κ2) is 5.32. The van der Waals surface area contributed by atoms with E-state index in [9.17, 15) is 5.11 Å². The average molecular weight is 266 g/mol. The molecule has 20 heavy (non-hydrogen) atoms. The number of fused-ring (bicyclic) bond motifs is 1. The maximum Gasteiger partial charge on any atom is 0.147 e. The SMILES string of the molecule is N#Cc1ncccc1COc1cccc2c1CCC2O. The number of hydrogen-bond donors (Lipinski definition) is 1. The fraction of sp³-hybridized carbons (Fsp3) is 0.250. The number of pyridine rings is 1. The van der Waals surface area contributed by atoms with Crippen molar-refractivity contribution in [3.8, 4) is 11.8 Å². The molecule has 1 atom stereocenters. The number of hydrogen-bond acceptors (Lipinski definition) is 4. The number of aliphatic hydroxyl groups excluding tert-OH is 1. The van der Waals surface area contributed by atoms with Crippen molar-refractivity contribution in [2.24, 2.45) is 0 Å². The summed E-state index contributed by atoms with van der Waals surface area (Å²) in [5, 5.41) is 18.9. The molecule has 2 aromatic rings. The molecule has 1 N–H and O–H groups in total. The standard InChI is InChI=1S/C16H14N2O2/c17-9-14-11(3-2-8-18-14)10-20-16-5-1-4-12-13(16)6-7-15(12)19/h1-5,8,15,19H,6-7,10H2. The van der Waals surface area contributed by atoms with Crippen molar-refractivity contribution in [1.29, 1.82) is 5.26 Å². The van der Waals surface area contributed by atoms with Crippen LogP contribution in [0.2, 0.25) is 0 Å². The number of benzene rings is 1. The first-order valence-corrected chi connectivity index (χ1v) is 6.56. The molecule has 1 aromatic carbocycles. The number of nitriles is 1. The van der Waals surface area contributed by atoms with Crippen LogP contribution in [0, 0.1) is 11.3 Å². The molecule has 1 heterocycles. The van der Waals surface area contributed by atoms with Gasteiger partial charge in [-0.15, -0.1) is 0 Å². The van der Waals surface area contributed by atoms with Crippen LogP contribution in [0.25, 0.3) is 0 Å². The van der Waals surface area contributed by atoms with E-state index in [1.54, 1.807) is 12.3 Å². The summed E-state index contributed by atoms with van der Waals surface area (Å²) in [6, 6.07) is 11.4. The zero-order valence-electron chi connectivity index (χ0n) is 10.9. The lowest BCUT2D eigenvalue weighted by atomic mass is 10.1. The van der Waals surface area contributed by atoms with E-state index < -0.39 is 0 Å². The van der Waals surface area contributed by atoms with Crippen LogP contribution in [-0.4, -0.2) is 10.1 Å². The van der Waals surface area contributed by atoms with E-state index in [1.807, 2.05) is 24.3 Å². The van der Waals surface area contributed by atoms with Crippen LogP contribution in [0.4, 0.5) is 0 Å². The fourth-order valence-electron chi connectivity index (χ4n) is 2.55. The largest absolute Gasteiger partial charge is 0.489 e. The van der Waals surface area contributed by atoms with Crippen LogP contribution in [0.3, 0.4) is 0 Å². The molecule has 0 bridgehead atoms. The Labute approximate surface area is 117 Å². The number of aromatic nitrogens is 1. The van der Waals surface area contributed by atoms with Crippen molar-refractivity contribution in [2.75, 3.05) is 0 Å². The van der Waals surface area contributed by atoms with Crippen molar-refractivity contribution in [3.05, 3.63) is 58.9 Å². The lowest BCUT2D eigenvalue weighted by Gasteiger charge is -2.11. The first kappa shape index (κ1) is 12.6. The summed E-state index contributed by atoms with van der Waals surface area (Å²) >= 11 is 0. The number of aliphatic hydroxyl groups is 1. The molecule has 1 aliphatic carbocycles. The lowest BCUT2D eigenvalue weighted by molar-refractivity contribution is 0.180. The Morgan fingerprint density at radius 1 is 1.35 bits per heavy atom. The summed E-state index contributed by atoms with van der Waals surface area (Å²) in [6.07, 6.45) is 2.77. The van der Waals surface area contributed by atoms with Gasteiger partial charge in [-0.05, 0) is 30.5 Å². The first-order valence-electron chi connectivity index (χ1n) is 6.56. The average Bonchev–Trinajstić information content (AvgIpc) is 2.88. The normalized spacial score (nSPS) is 16.5. The minimum atomic E-state index is -0.387. The minimum Gasteiger partial charge on any atom is -0.489 e. The van der Waals surface area contributed by atoms with Gasteiger partial charge in [0.2, 0.25) is 0 Å². The summed E-state index contributed by atoms with van der Waals surface area (Å²) in [5.74, 6) is 0.784. The van der Waals surface area contributed by atoms with Gasteiger partial charge in [-0.25, -0.2) is 4.98 Å². The smallest absolute Gasteiger partial charge is 0.147 e. The van der Waals surface area contributed by atoms with Gasteiger partial charge in [0.05, 0.1) is 6.10 Å². The second-order valence-electron chi connectivity index (χ2n) is 4.79. The summed E-state index contributed by atoms with van der Waals surface area (Å²) in [5.41, 5.74) is 3.18. The van der Waals surface area contributed by atoms with E-state index in [1.165, 1.54) is 0 Å². The molecule has 4 nitrogen and oxygen atoms in total. The summed E-state index contributed by atoms with van der Waals surface area (Å²) in [7, 11) is 0. The summed E-state index contributed by atoms with van der Waals surface area (Å²) < 4.78 is 5.82. The molecule has 0 saturated heterocycles. The molecule has 0 fully saturated rings. The van der Waals surface area contributed by atoms with Gasteiger partial charge in [-0.3, -0.25) is 0 Å². The van der Waals surface area contributed by atoms with Crippen molar-refractivity contribution in [2.45, 2.75) is 25.6 Å². The molecule has 0 spiro atoms. The molecule has 0 saturated carbocycles. The van der Waals surface area contributed by atoms with Gasteiger partial charge in [0.1, 0.15) is 24.1 Å². The van der Waals surface area contributed by atoms with Crippen LogP contribution in [0.1, 0.15) is 34.9 Å². The van der Waals surface area contributed by atoms with E-state index in [4.69, 9.17) is 10.00 Å². The van der Waals surface area contributed by atoms with Gasteiger partial charge in [0, 0.05) is 17.3 Å². The molecule has 1 aliphatic rings. The Morgan fingerprint density at radius 3 is 3.10 bits per heavy atom. The topological polar surface area (TPSA) is 66.1 Å². The molecule has 1 unspecified atom stereocenters. The first-order chi connectivity index (χ1) is 9.79. The Kier molecular flexibility index (Phi) is 3.36. The van der Waals surface area contributed by atoms with Crippen molar-refractivity contribution in [1.82, 2.24) is 4.98 Å². The summed E-state index contributed by atoms with van der Waals surface area (Å²) in [6.45, 7) is 0.309. The zero-order valence-corrected chi connectivity index (χ0v) is 10.9. The molecular weight excluding hydrogens is 252 g/mol. The molecule has 4 heteroatoms. The number of rotatable bonds is 3. The predicted octanol–water partition coefficient (Wildman–Crippen LogP) is 2.51. The maximum atomic E-state index is 9.86. The highest BCUT2D eigenvalue weighted by Crippen LogP contribution is 2.36. The number of ether oxygens (including phenoxy) is 1. The highest BCUT2D eigenvalue weighted by atomic mass is 16.5. The van der Waals surface area contributed by atoms with Crippen LogP contribution < -0.4 is 4.74 Å². The van der Waals surface area contributed by atoms with Gasteiger partial charge < -0.3 is 9.84 Å². The van der Waals surface area contributed by atoms with E-state index in [0.29, 0.717) is 12.3 Å². The van der Waals surface area contributed by atoms with E-state index in [-0.39, 0.29) is 6.10 Å². The third-order valence-electron chi connectivity index (χ3n) is 3.58. The Balaban J connectivity index is 1.82. The van der Waals surface area contributed by atoms with Crippen LogP contribution in [-0.2, 0) is 13.0 Å². The quantitative estimate of drug-likeness (QED) is 0.927. The molecule has 0 amide bonds. The number of nitrogens with zero attached hydrogens (tertiary/aromatic N) is 2. The van der Waals surface area contributed by atoms with Crippen LogP contribution in [0.15, 0.2) is 36.5 Å². The Morgan fingerprint density at radius 2 is 2.25 bits per heavy atom. The zero-order chi connectivity index (χ0) is 13.9. The molecule has 0 aliphatic heterocycles. The lowest BCUT2D eigenvalue weighted by Crippen LogP contribution is -2.02. The Hall–Kier alpha value is -2.38. The van der Waals surface area contributed by atoms with E-state index in [0.717, 1.165) is 35.3 Å². The van der Waals surface area contributed by atoms with Gasteiger partial charge in [-0.1, -0.05) is 18.2 Å². The molecule has 0 radical (unpaired) electrons. The Bertz CT molecular complexity index is 676. The van der Waals surface area contributed by atoms with Gasteiger partial charge >= 0.3 is 0 Å². The maximum absolute atomic E-state index is 9.86. The molecule has 100 valence electrons. The highest BCUT2D eigenvalue weighted by molar-refractivity contribution is 5.44. The third kappa shape index (κ3) is 2.24.